The number of esters is 2. The zero-order valence-corrected chi connectivity index (χ0v) is 61.9. The molecule has 4 heterocycles. The number of carbonyl (C=O) groups is 12. The molecule has 0 aromatic heterocycles. The number of nitrogens with zero attached hydrogens (tertiary/aromatic N) is 4. The summed E-state index contributed by atoms with van der Waals surface area (Å²) >= 11 is 0. The van der Waals surface area contributed by atoms with Crippen LogP contribution >= 0.6 is 0 Å². The lowest BCUT2D eigenvalue weighted by molar-refractivity contribution is -0.143. The minimum Gasteiger partial charge on any atom is -0.461 e. The average Bonchev–Trinajstić information content (AvgIpc) is 1.76. The monoisotopic (exact) mass is 1560 g/mol. The van der Waals surface area contributed by atoms with Crippen molar-refractivity contribution < 1.29 is 76.5 Å². The number of imide groups is 4. The van der Waals surface area contributed by atoms with E-state index in [2.05, 4.69) is 41.5 Å². The van der Waals surface area contributed by atoms with Gasteiger partial charge in [0, 0.05) is 113 Å². The molecule has 10 amide bonds. The van der Waals surface area contributed by atoms with E-state index >= 15 is 0 Å². The third kappa shape index (κ3) is 45.3. The normalized spacial score (nSPS) is 13.5. The quantitative estimate of drug-likeness (QED) is 0.0138. The summed E-state index contributed by atoms with van der Waals surface area (Å²) in [5, 5.41) is 5.52. The molecule has 4 aliphatic heterocycles. The molecule has 0 saturated carbocycles. The Morgan fingerprint density at radius 2 is 0.728 bits per heavy atom. The van der Waals surface area contributed by atoms with Crippen molar-refractivity contribution in [2.24, 2.45) is 0 Å². The first kappa shape index (κ1) is 102. The predicted molar refractivity (Wildman–Crippen MR) is 455 cm³/mol. The first-order valence-electron chi connectivity index (χ1n) is 36.8. The number of ether oxygens (including phenoxy) is 4. The Balaban J connectivity index is 0.00000140. The molecule has 22 heteroatoms. The Labute approximate surface area is 676 Å². The minimum absolute atomic E-state index is 0. The lowest BCUT2D eigenvalue weighted by Gasteiger charge is -2.13. The van der Waals surface area contributed by atoms with E-state index in [1.54, 1.807) is 12.2 Å². The zero-order valence-electron chi connectivity index (χ0n) is 61.9. The van der Waals surface area contributed by atoms with Crippen LogP contribution in [0.3, 0.4) is 0 Å². The van der Waals surface area contributed by atoms with Gasteiger partial charge in [-0.2, -0.15) is 0 Å². The maximum Gasteiger partial charge on any atom is 0.407 e. The number of amides is 10. The smallest absolute Gasteiger partial charge is 0.407 e. The van der Waals surface area contributed by atoms with Gasteiger partial charge in [0.2, 0.25) is 5.91 Å². The lowest BCUT2D eigenvalue weighted by atomic mass is 10.1. The van der Waals surface area contributed by atoms with Crippen LogP contribution in [0.2, 0.25) is 0 Å². The van der Waals surface area contributed by atoms with Crippen LogP contribution in [-0.4, -0.2) is 163 Å². The highest BCUT2D eigenvalue weighted by molar-refractivity contribution is 6.14. The van der Waals surface area contributed by atoms with Gasteiger partial charge in [-0.05, 0) is 123 Å². The summed E-state index contributed by atoms with van der Waals surface area (Å²) in [5.41, 5.74) is 5.56. The molecule has 0 bridgehead atoms. The Bertz CT molecular complexity index is 3740. The number of nitrogens with one attached hydrogen (secondary N) is 2. The third-order valence-corrected chi connectivity index (χ3v) is 16.2. The second-order valence-electron chi connectivity index (χ2n) is 24.6. The van der Waals surface area contributed by atoms with E-state index in [1.807, 2.05) is 164 Å². The van der Waals surface area contributed by atoms with Crippen LogP contribution in [-0.2, 0) is 71.7 Å². The first-order chi connectivity index (χ1) is 53.1. The van der Waals surface area contributed by atoms with Gasteiger partial charge in [0.15, 0.2) is 0 Å². The summed E-state index contributed by atoms with van der Waals surface area (Å²) in [4.78, 5) is 141. The fourth-order valence-electron chi connectivity index (χ4n) is 10.4. The third-order valence-electron chi connectivity index (χ3n) is 16.2. The fourth-order valence-corrected chi connectivity index (χ4v) is 10.4. The molecule has 0 saturated heterocycles. The molecule has 0 atom stereocenters. The fraction of sp³-hybridized carbons (Fsp3) is 0.348. The Hall–Kier alpha value is -12.0. The van der Waals surface area contributed by atoms with E-state index in [0.717, 1.165) is 105 Å². The molecule has 0 spiro atoms. The molecule has 22 nitrogen and oxygen atoms in total. The molecule has 4 aromatic carbocycles. The number of carbonyl (C=O) groups excluding carboxylic acids is 12. The van der Waals surface area contributed by atoms with Crippen molar-refractivity contribution in [3.63, 3.8) is 0 Å². The predicted octanol–water partition coefficient (Wildman–Crippen LogP) is 16.1. The second kappa shape index (κ2) is 63.6. The Morgan fingerprint density at radius 1 is 0.368 bits per heavy atom. The van der Waals surface area contributed by atoms with Gasteiger partial charge < -0.3 is 29.6 Å². The standard InChI is InChI=1S/C19H22N2O4.C19H22N2O3.C19H21NO4.C18H23NO3.C12H12O2.5CH4/c22-17-11-12-18(23)21(17)14-6-2-5-13-20-19(24)25-15-7-10-16-8-3-1-4-9-16;22-17(20-14-7-10-16-8-3-1-4-9-16)11-5-2-6-15-21-18(23)12-13-19(21)24;21-17-12-13-18(22)20(17)14-6-2-5-11-19(23)24-15-7-10-16-8-3-1-4-9-16;20-17-11-12-18(21)19(17)13-5-2-6-14-22-15-7-10-16-8-3-1-4-9-16;1-2-12(13)14-10-6-9-11-7-4-3-5-8-11;;;;;/h1,3-4,7-12H,2,5-6,13-15H2,(H,20,24);1,3-4,7-10,12-13H,2,5-6,11,14-15H2,(H,20,22);1,3-4,7-10,12-13H,2,5-6,11,14-15H2;3,7-12H,1-2,4-6,13-15H2;2-9H,1,10H2;5*1H4/b4*10-7+;9-6+;;;;;. The molecule has 9 rings (SSSR count). The number of benzene rings is 4. The molecule has 0 fully saturated rings. The molecule has 5 aliphatic rings. The van der Waals surface area contributed by atoms with Crippen LogP contribution in [0.15, 0.2) is 243 Å². The summed E-state index contributed by atoms with van der Waals surface area (Å²) in [5.74, 6) is -2.53. The topological polar surface area (TPSA) is 279 Å². The van der Waals surface area contributed by atoms with E-state index < -0.39 is 12.1 Å². The van der Waals surface area contributed by atoms with Crippen molar-refractivity contribution in [3.8, 4) is 0 Å². The molecular weight excluding hydrogens is 1450 g/mol. The maximum atomic E-state index is 11.7. The van der Waals surface area contributed by atoms with E-state index in [1.165, 1.54) is 73.8 Å². The molecular formula is C92H120N6O16. The van der Waals surface area contributed by atoms with Crippen molar-refractivity contribution >= 4 is 95.5 Å². The second-order valence-corrected chi connectivity index (χ2v) is 24.6. The minimum atomic E-state index is -0.452. The van der Waals surface area contributed by atoms with Gasteiger partial charge in [0.05, 0.1) is 6.61 Å². The van der Waals surface area contributed by atoms with Crippen LogP contribution < -0.4 is 10.6 Å². The first-order valence-corrected chi connectivity index (χ1v) is 36.8. The lowest BCUT2D eigenvalue weighted by Crippen LogP contribution is -2.31. The Kier molecular flexibility index (Phi) is 56.9. The van der Waals surface area contributed by atoms with Crippen LogP contribution in [0, 0.1) is 0 Å². The summed E-state index contributed by atoms with van der Waals surface area (Å²) in [6.07, 6.45) is 49.2. The molecule has 4 aromatic rings. The number of unbranched alkanes of at least 4 members (excludes halogenated alkanes) is 8. The number of hydrogen-bond acceptors (Lipinski definition) is 16. The van der Waals surface area contributed by atoms with Crippen molar-refractivity contribution in [2.75, 3.05) is 72.3 Å². The molecule has 0 unspecified atom stereocenters. The Morgan fingerprint density at radius 3 is 1.12 bits per heavy atom. The largest absolute Gasteiger partial charge is 0.461 e. The van der Waals surface area contributed by atoms with Crippen molar-refractivity contribution in [1.82, 2.24) is 30.2 Å². The van der Waals surface area contributed by atoms with E-state index in [4.69, 9.17) is 18.9 Å². The van der Waals surface area contributed by atoms with Gasteiger partial charge in [-0.25, -0.2) is 9.59 Å². The molecule has 2 N–H and O–H groups in total. The van der Waals surface area contributed by atoms with Crippen LogP contribution in [0.4, 0.5) is 4.79 Å². The highest BCUT2D eigenvalue weighted by Crippen LogP contribution is 2.14. The van der Waals surface area contributed by atoms with E-state index in [9.17, 15) is 57.5 Å². The highest BCUT2D eigenvalue weighted by atomic mass is 16.5. The van der Waals surface area contributed by atoms with Crippen molar-refractivity contribution in [1.29, 1.82) is 0 Å². The van der Waals surface area contributed by atoms with E-state index in [-0.39, 0.29) is 116 Å². The van der Waals surface area contributed by atoms with Gasteiger partial charge in [-0.15, -0.1) is 0 Å². The van der Waals surface area contributed by atoms with Gasteiger partial charge in [0.1, 0.15) is 19.8 Å². The summed E-state index contributed by atoms with van der Waals surface area (Å²) < 4.78 is 20.5. The van der Waals surface area contributed by atoms with Crippen molar-refractivity contribution in [3.05, 3.63) is 265 Å². The van der Waals surface area contributed by atoms with Gasteiger partial charge in [0.25, 0.3) is 47.3 Å². The van der Waals surface area contributed by atoms with Crippen molar-refractivity contribution in [2.45, 2.75) is 140 Å². The molecule has 1 aliphatic carbocycles. The molecule has 0 radical (unpaired) electrons. The number of allylic oxidation sites excluding steroid dienone is 5. The highest BCUT2D eigenvalue weighted by Gasteiger charge is 2.25. The maximum absolute atomic E-state index is 11.7. The molecule has 114 heavy (non-hydrogen) atoms. The van der Waals surface area contributed by atoms with Gasteiger partial charge in [-0.1, -0.05) is 239 Å². The SMILES string of the molecule is C.C.C.C.C.C=CC(=O)OC/C=C/c1ccccc1.O=C(CCCCCN1C(=O)C=CC1=O)NC/C=C/c1ccccc1.O=C(CCCCCN1C(=O)C=CC1=O)OC/C=C/c1ccccc1.O=C(NCCCCCN1C(=O)C=CC1=O)OC/C=C/c1ccccc1.O=C1C=CC(=O)N1CCCCCOC/C=C/C1=CCCC=C1. The van der Waals surface area contributed by atoms with Gasteiger partial charge in [-0.3, -0.25) is 67.5 Å². The summed E-state index contributed by atoms with van der Waals surface area (Å²) in [7, 11) is 0. The van der Waals surface area contributed by atoms with E-state index in [0.29, 0.717) is 78.2 Å². The molecule has 614 valence electrons. The average molecular weight is 1570 g/mol. The van der Waals surface area contributed by atoms with Crippen LogP contribution in [0.5, 0.6) is 0 Å². The van der Waals surface area contributed by atoms with Crippen LogP contribution in [0.1, 0.15) is 162 Å². The summed E-state index contributed by atoms with van der Waals surface area (Å²) in [6, 6.07) is 39.3. The zero-order chi connectivity index (χ0) is 78.2. The van der Waals surface area contributed by atoms with Gasteiger partial charge >= 0.3 is 18.0 Å². The number of alkyl carbamates (subject to hydrolysis) is 1. The van der Waals surface area contributed by atoms with Crippen LogP contribution in [0.25, 0.3) is 24.3 Å². The number of rotatable bonds is 40. The number of hydrogen-bond donors (Lipinski definition) is 2. The summed E-state index contributed by atoms with van der Waals surface area (Å²) in [6.45, 7) is 8.14.